The Kier molecular flexibility index (Phi) is 2.37. The van der Waals surface area contributed by atoms with Crippen molar-refractivity contribution in [1.82, 2.24) is 9.38 Å². The molecular formula is C10H7F5N2. The summed E-state index contributed by atoms with van der Waals surface area (Å²) in [5.74, 6) is -4.87. The molecule has 2 nitrogen and oxygen atoms in total. The number of hydrogen-bond acceptors (Lipinski definition) is 1. The van der Waals surface area contributed by atoms with Crippen molar-refractivity contribution in [2.24, 2.45) is 0 Å². The SMILES string of the molecule is Cc1cn2ccc(C(F)(F)C(F)(F)F)cc2n1. The number of aromatic nitrogens is 2. The van der Waals surface area contributed by atoms with Gasteiger partial charge in [-0.25, -0.2) is 4.98 Å². The van der Waals surface area contributed by atoms with Gasteiger partial charge in [0.1, 0.15) is 5.65 Å². The maximum absolute atomic E-state index is 13.0. The second-order valence-corrected chi connectivity index (χ2v) is 3.64. The van der Waals surface area contributed by atoms with Crippen molar-refractivity contribution in [3.05, 3.63) is 35.8 Å². The molecule has 0 radical (unpaired) electrons. The topological polar surface area (TPSA) is 17.3 Å². The number of fused-ring (bicyclic) bond motifs is 1. The van der Waals surface area contributed by atoms with Crippen LogP contribution < -0.4 is 0 Å². The number of hydrogen-bond donors (Lipinski definition) is 0. The van der Waals surface area contributed by atoms with Gasteiger partial charge >= 0.3 is 12.1 Å². The van der Waals surface area contributed by atoms with Crippen molar-refractivity contribution in [2.75, 3.05) is 0 Å². The number of halogens is 5. The van der Waals surface area contributed by atoms with E-state index in [1.807, 2.05) is 0 Å². The largest absolute Gasteiger partial charge is 0.458 e. The van der Waals surface area contributed by atoms with Crippen LogP contribution in [0.25, 0.3) is 5.65 Å². The molecule has 7 heteroatoms. The minimum absolute atomic E-state index is 0.0592. The third-order valence-corrected chi connectivity index (χ3v) is 2.30. The van der Waals surface area contributed by atoms with E-state index in [-0.39, 0.29) is 5.65 Å². The zero-order chi connectivity index (χ0) is 12.8. The van der Waals surface area contributed by atoms with Crippen LogP contribution in [0.1, 0.15) is 11.3 Å². The summed E-state index contributed by atoms with van der Waals surface area (Å²) in [6, 6.07) is 1.47. The van der Waals surface area contributed by atoms with Crippen molar-refractivity contribution < 1.29 is 22.0 Å². The van der Waals surface area contributed by atoms with Crippen LogP contribution in [0.15, 0.2) is 24.5 Å². The number of alkyl halides is 5. The molecular weight excluding hydrogens is 243 g/mol. The average molecular weight is 250 g/mol. The van der Waals surface area contributed by atoms with E-state index in [0.29, 0.717) is 5.69 Å². The smallest absolute Gasteiger partial charge is 0.307 e. The third-order valence-electron chi connectivity index (χ3n) is 2.30. The predicted molar refractivity (Wildman–Crippen MR) is 49.9 cm³/mol. The second-order valence-electron chi connectivity index (χ2n) is 3.64. The Morgan fingerprint density at radius 1 is 1.18 bits per heavy atom. The lowest BCUT2D eigenvalue weighted by atomic mass is 10.1. The molecule has 0 saturated heterocycles. The molecule has 0 amide bonds. The number of nitrogens with zero attached hydrogens (tertiary/aromatic N) is 2. The van der Waals surface area contributed by atoms with Gasteiger partial charge in [0.25, 0.3) is 0 Å². The number of aryl methyl sites for hydroxylation is 1. The summed E-state index contributed by atoms with van der Waals surface area (Å²) in [6.07, 6.45) is -2.94. The van der Waals surface area contributed by atoms with Gasteiger partial charge in [-0.15, -0.1) is 0 Å². The molecule has 0 aliphatic rings. The Bertz CT molecular complexity index is 555. The number of pyridine rings is 1. The molecule has 0 atom stereocenters. The van der Waals surface area contributed by atoms with Crippen LogP contribution in [-0.2, 0) is 5.92 Å². The van der Waals surface area contributed by atoms with Crippen molar-refractivity contribution in [1.29, 1.82) is 0 Å². The highest BCUT2D eigenvalue weighted by Gasteiger charge is 2.58. The lowest BCUT2D eigenvalue weighted by Gasteiger charge is -2.19. The van der Waals surface area contributed by atoms with Crippen LogP contribution in [0.2, 0.25) is 0 Å². The fourth-order valence-electron chi connectivity index (χ4n) is 1.47. The maximum atomic E-state index is 13.0. The Hall–Kier alpha value is -1.66. The molecule has 0 aliphatic heterocycles. The first-order chi connectivity index (χ1) is 7.72. The molecule has 0 aromatic carbocycles. The Labute approximate surface area is 92.7 Å². The summed E-state index contributed by atoms with van der Waals surface area (Å²) in [5.41, 5.74) is -0.510. The van der Waals surface area contributed by atoms with Crippen LogP contribution in [-0.4, -0.2) is 15.6 Å². The number of rotatable bonds is 1. The van der Waals surface area contributed by atoms with Crippen molar-refractivity contribution in [2.45, 2.75) is 19.0 Å². The van der Waals surface area contributed by atoms with E-state index >= 15 is 0 Å². The summed E-state index contributed by atoms with van der Waals surface area (Å²) >= 11 is 0. The first-order valence-electron chi connectivity index (χ1n) is 4.62. The van der Waals surface area contributed by atoms with Gasteiger partial charge < -0.3 is 4.40 Å². The van der Waals surface area contributed by atoms with E-state index in [2.05, 4.69) is 4.98 Å². The second kappa shape index (κ2) is 3.41. The lowest BCUT2D eigenvalue weighted by Crippen LogP contribution is -2.33. The average Bonchev–Trinajstić information content (AvgIpc) is 2.54. The molecule has 0 N–H and O–H groups in total. The van der Waals surface area contributed by atoms with Gasteiger partial charge in [-0.2, -0.15) is 22.0 Å². The van der Waals surface area contributed by atoms with Crippen LogP contribution in [0, 0.1) is 6.92 Å². The first kappa shape index (κ1) is 11.8. The van der Waals surface area contributed by atoms with Crippen LogP contribution in [0.4, 0.5) is 22.0 Å². The predicted octanol–water partition coefficient (Wildman–Crippen LogP) is 3.30. The summed E-state index contributed by atoms with van der Waals surface area (Å²) in [7, 11) is 0. The van der Waals surface area contributed by atoms with Crippen LogP contribution in [0.5, 0.6) is 0 Å². The van der Waals surface area contributed by atoms with Gasteiger partial charge in [0, 0.05) is 18.0 Å². The Morgan fingerprint density at radius 3 is 2.41 bits per heavy atom. The fraction of sp³-hybridized carbons (Fsp3) is 0.300. The highest BCUT2D eigenvalue weighted by Crippen LogP contribution is 2.43. The summed E-state index contributed by atoms with van der Waals surface area (Å²) in [5, 5.41) is 0. The van der Waals surface area contributed by atoms with E-state index in [0.717, 1.165) is 18.3 Å². The summed E-state index contributed by atoms with van der Waals surface area (Å²) in [4.78, 5) is 3.83. The Morgan fingerprint density at radius 2 is 1.82 bits per heavy atom. The fourth-order valence-corrected chi connectivity index (χ4v) is 1.47. The molecule has 2 heterocycles. The minimum atomic E-state index is -5.60. The quantitative estimate of drug-likeness (QED) is 0.710. The maximum Gasteiger partial charge on any atom is 0.458 e. The van der Waals surface area contributed by atoms with Gasteiger partial charge in [0.05, 0.1) is 5.69 Å². The molecule has 0 bridgehead atoms. The van der Waals surface area contributed by atoms with E-state index in [1.54, 1.807) is 6.92 Å². The standard InChI is InChI=1S/C10H7F5N2/c1-6-5-17-3-2-7(4-8(17)16-6)9(11,12)10(13,14)15/h2-5H,1H3. The van der Waals surface area contributed by atoms with Crippen molar-refractivity contribution in [3.8, 4) is 0 Å². The zero-order valence-corrected chi connectivity index (χ0v) is 8.59. The van der Waals surface area contributed by atoms with Crippen molar-refractivity contribution >= 4 is 5.65 Å². The van der Waals surface area contributed by atoms with E-state index < -0.39 is 17.7 Å². The van der Waals surface area contributed by atoms with E-state index in [1.165, 1.54) is 10.6 Å². The van der Waals surface area contributed by atoms with Gasteiger partial charge in [0.15, 0.2) is 0 Å². The zero-order valence-electron chi connectivity index (χ0n) is 8.59. The highest BCUT2D eigenvalue weighted by molar-refractivity contribution is 5.44. The first-order valence-corrected chi connectivity index (χ1v) is 4.62. The third kappa shape index (κ3) is 1.85. The lowest BCUT2D eigenvalue weighted by molar-refractivity contribution is -0.289. The van der Waals surface area contributed by atoms with Crippen LogP contribution >= 0.6 is 0 Å². The Balaban J connectivity index is 2.56. The molecule has 92 valence electrons. The molecule has 2 aromatic rings. The molecule has 2 aromatic heterocycles. The van der Waals surface area contributed by atoms with Gasteiger partial charge in [-0.1, -0.05) is 0 Å². The molecule has 0 saturated carbocycles. The van der Waals surface area contributed by atoms with Crippen molar-refractivity contribution in [3.63, 3.8) is 0 Å². The monoisotopic (exact) mass is 250 g/mol. The molecule has 0 fully saturated rings. The van der Waals surface area contributed by atoms with Gasteiger partial charge in [-0.05, 0) is 19.1 Å². The van der Waals surface area contributed by atoms with Crippen LogP contribution in [0.3, 0.4) is 0 Å². The van der Waals surface area contributed by atoms with E-state index in [4.69, 9.17) is 0 Å². The molecule has 0 aliphatic carbocycles. The summed E-state index contributed by atoms with van der Waals surface area (Å²) in [6.45, 7) is 1.62. The molecule has 0 unspecified atom stereocenters. The normalized spacial score (nSPS) is 13.3. The number of imidazole rings is 1. The highest BCUT2D eigenvalue weighted by atomic mass is 19.4. The molecule has 0 spiro atoms. The molecule has 2 rings (SSSR count). The summed E-state index contributed by atoms with van der Waals surface area (Å²) < 4.78 is 63.9. The molecule has 17 heavy (non-hydrogen) atoms. The minimum Gasteiger partial charge on any atom is -0.307 e. The van der Waals surface area contributed by atoms with E-state index in [9.17, 15) is 22.0 Å². The van der Waals surface area contributed by atoms with Gasteiger partial charge in [0.2, 0.25) is 0 Å². The van der Waals surface area contributed by atoms with Gasteiger partial charge in [-0.3, -0.25) is 0 Å².